The molecule has 0 spiro atoms. The minimum Gasteiger partial charge on any atom is -0.297 e. The van der Waals surface area contributed by atoms with Crippen molar-refractivity contribution in [3.63, 3.8) is 0 Å². The van der Waals surface area contributed by atoms with Crippen molar-refractivity contribution in [2.75, 3.05) is 0 Å². The van der Waals surface area contributed by atoms with Gasteiger partial charge in [-0.2, -0.15) is 0 Å². The third kappa shape index (κ3) is 2.70. The van der Waals surface area contributed by atoms with E-state index < -0.39 is 17.6 Å². The summed E-state index contributed by atoms with van der Waals surface area (Å²) in [5.41, 5.74) is 0.249. The van der Waals surface area contributed by atoms with Gasteiger partial charge in [-0.1, -0.05) is 16.8 Å². The first-order valence-corrected chi connectivity index (χ1v) is 4.56. The Morgan fingerprint density at radius 1 is 1.27 bits per heavy atom. The van der Waals surface area contributed by atoms with Crippen molar-refractivity contribution in [3.8, 4) is 0 Å². The first-order chi connectivity index (χ1) is 7.06. The molecule has 0 radical (unpaired) electrons. The molecule has 0 saturated heterocycles. The molecule has 0 N–H and O–H groups in total. The maximum atomic E-state index is 11.6. The predicted molar refractivity (Wildman–Crippen MR) is 56.0 cm³/mol. The van der Waals surface area contributed by atoms with E-state index in [4.69, 9.17) is 11.6 Å². The van der Waals surface area contributed by atoms with Crippen molar-refractivity contribution in [2.24, 2.45) is 5.18 Å². The van der Waals surface area contributed by atoms with Gasteiger partial charge in [0.25, 0.3) is 0 Å². The van der Waals surface area contributed by atoms with Gasteiger partial charge in [0.15, 0.2) is 11.6 Å². The van der Waals surface area contributed by atoms with Crippen LogP contribution in [0.2, 0.25) is 5.02 Å². The summed E-state index contributed by atoms with van der Waals surface area (Å²) in [6, 6.07) is 4.47. The lowest BCUT2D eigenvalue weighted by Crippen LogP contribution is -2.25. The first kappa shape index (κ1) is 11.5. The van der Waals surface area contributed by atoms with Crippen LogP contribution in [-0.2, 0) is 4.79 Å². The fraction of sp³-hybridized carbons (Fsp3) is 0.200. The summed E-state index contributed by atoms with van der Waals surface area (Å²) in [5.74, 6) is -1.17. The topological polar surface area (TPSA) is 63.6 Å². The van der Waals surface area contributed by atoms with E-state index in [0.717, 1.165) is 6.92 Å². The Hall–Kier alpha value is -1.55. The molecule has 0 amide bonds. The molecule has 0 fully saturated rings. The molecular formula is C10H8ClNO3. The smallest absolute Gasteiger partial charge is 0.212 e. The molecule has 1 unspecified atom stereocenters. The van der Waals surface area contributed by atoms with Gasteiger partial charge in [0.05, 0.1) is 0 Å². The number of nitrogens with zero attached hydrogens (tertiary/aromatic N) is 1. The average Bonchev–Trinajstić information content (AvgIpc) is 2.19. The van der Waals surface area contributed by atoms with Crippen LogP contribution in [0.5, 0.6) is 0 Å². The average molecular weight is 226 g/mol. The molecule has 0 aliphatic heterocycles. The van der Waals surface area contributed by atoms with E-state index in [0.29, 0.717) is 5.02 Å². The lowest BCUT2D eigenvalue weighted by molar-refractivity contribution is -0.117. The van der Waals surface area contributed by atoms with E-state index in [1.54, 1.807) is 0 Å². The van der Waals surface area contributed by atoms with Gasteiger partial charge < -0.3 is 0 Å². The van der Waals surface area contributed by atoms with Crippen molar-refractivity contribution in [3.05, 3.63) is 39.8 Å². The highest BCUT2D eigenvalue weighted by molar-refractivity contribution is 6.30. The first-order valence-electron chi connectivity index (χ1n) is 4.19. The third-order valence-corrected chi connectivity index (χ3v) is 2.12. The summed E-state index contributed by atoms with van der Waals surface area (Å²) >= 11 is 5.63. The van der Waals surface area contributed by atoms with Gasteiger partial charge in [-0.05, 0) is 31.2 Å². The van der Waals surface area contributed by atoms with Gasteiger partial charge in [-0.25, -0.2) is 0 Å². The Labute approximate surface area is 91.2 Å². The van der Waals surface area contributed by atoms with Crippen LogP contribution in [0, 0.1) is 4.91 Å². The van der Waals surface area contributed by atoms with Gasteiger partial charge in [-0.3, -0.25) is 9.59 Å². The van der Waals surface area contributed by atoms with E-state index in [-0.39, 0.29) is 5.56 Å². The summed E-state index contributed by atoms with van der Waals surface area (Å²) in [5, 5.41) is 2.98. The highest BCUT2D eigenvalue weighted by Crippen LogP contribution is 2.12. The number of carbonyl (C=O) groups is 2. The zero-order valence-electron chi connectivity index (χ0n) is 7.94. The molecule has 0 aliphatic rings. The monoisotopic (exact) mass is 225 g/mol. The predicted octanol–water partition coefficient (Wildman–Crippen LogP) is 2.25. The molecule has 0 bridgehead atoms. The number of rotatable bonds is 4. The van der Waals surface area contributed by atoms with Crippen LogP contribution in [0.4, 0.5) is 0 Å². The van der Waals surface area contributed by atoms with Gasteiger partial charge >= 0.3 is 0 Å². The third-order valence-electron chi connectivity index (χ3n) is 1.87. The normalized spacial score (nSPS) is 11.9. The maximum Gasteiger partial charge on any atom is 0.212 e. The van der Waals surface area contributed by atoms with Crippen LogP contribution in [0.15, 0.2) is 29.4 Å². The number of Topliss-reactive ketones (excluding diaryl/α,β-unsaturated/α-hetero) is 2. The fourth-order valence-electron chi connectivity index (χ4n) is 1.08. The molecule has 15 heavy (non-hydrogen) atoms. The summed E-state index contributed by atoms with van der Waals surface area (Å²) in [6.45, 7) is 1.15. The van der Waals surface area contributed by atoms with Crippen molar-refractivity contribution in [1.29, 1.82) is 0 Å². The number of hydrogen-bond donors (Lipinski definition) is 0. The molecule has 0 saturated carbocycles. The van der Waals surface area contributed by atoms with E-state index in [9.17, 15) is 14.5 Å². The molecule has 1 aromatic rings. The number of benzene rings is 1. The number of ketones is 2. The Morgan fingerprint density at radius 3 is 2.20 bits per heavy atom. The van der Waals surface area contributed by atoms with Gasteiger partial charge in [-0.15, -0.1) is 4.91 Å². The molecule has 0 heterocycles. The van der Waals surface area contributed by atoms with Crippen molar-refractivity contribution < 1.29 is 9.59 Å². The molecule has 1 aromatic carbocycles. The van der Waals surface area contributed by atoms with Gasteiger partial charge in [0.1, 0.15) is 0 Å². The lowest BCUT2D eigenvalue weighted by atomic mass is 10.0. The van der Waals surface area contributed by atoms with Gasteiger partial charge in [0, 0.05) is 10.6 Å². The largest absolute Gasteiger partial charge is 0.297 e. The highest BCUT2D eigenvalue weighted by atomic mass is 35.5. The second kappa shape index (κ2) is 4.79. The number of halogens is 1. The number of nitroso groups, excluding NO2 is 1. The second-order valence-electron chi connectivity index (χ2n) is 2.99. The molecule has 78 valence electrons. The fourth-order valence-corrected chi connectivity index (χ4v) is 1.20. The highest BCUT2D eigenvalue weighted by Gasteiger charge is 2.25. The lowest BCUT2D eigenvalue weighted by Gasteiger charge is -2.03. The minimum absolute atomic E-state index is 0.249. The molecule has 0 aliphatic carbocycles. The van der Waals surface area contributed by atoms with Crippen LogP contribution >= 0.6 is 11.6 Å². The summed E-state index contributed by atoms with van der Waals surface area (Å²) in [4.78, 5) is 32.8. The molecule has 1 atom stereocenters. The standard InChI is InChI=1S/C10H8ClNO3/c1-6(13)9(12-15)10(14)7-2-4-8(11)5-3-7/h2-5,9H,1H3. The zero-order chi connectivity index (χ0) is 11.4. The Morgan fingerprint density at radius 2 is 1.80 bits per heavy atom. The summed E-state index contributed by atoms with van der Waals surface area (Å²) in [6.07, 6.45) is 0. The van der Waals surface area contributed by atoms with E-state index in [2.05, 4.69) is 5.18 Å². The van der Waals surface area contributed by atoms with Crippen LogP contribution < -0.4 is 0 Å². The summed E-state index contributed by atoms with van der Waals surface area (Å²) < 4.78 is 0. The second-order valence-corrected chi connectivity index (χ2v) is 3.43. The van der Waals surface area contributed by atoms with Crippen LogP contribution in [-0.4, -0.2) is 17.6 Å². The number of hydrogen-bond acceptors (Lipinski definition) is 4. The Kier molecular flexibility index (Phi) is 3.68. The van der Waals surface area contributed by atoms with Crippen molar-refractivity contribution >= 4 is 23.2 Å². The Bertz CT molecular complexity index is 400. The number of carbonyl (C=O) groups excluding carboxylic acids is 2. The van der Waals surface area contributed by atoms with Crippen LogP contribution in [0.3, 0.4) is 0 Å². The van der Waals surface area contributed by atoms with E-state index >= 15 is 0 Å². The zero-order valence-corrected chi connectivity index (χ0v) is 8.69. The van der Waals surface area contributed by atoms with E-state index in [1.807, 2.05) is 0 Å². The Balaban J connectivity index is 2.98. The maximum absolute atomic E-state index is 11.6. The van der Waals surface area contributed by atoms with Crippen molar-refractivity contribution in [2.45, 2.75) is 13.0 Å². The van der Waals surface area contributed by atoms with Gasteiger partial charge in [0.2, 0.25) is 6.04 Å². The minimum atomic E-state index is -1.45. The molecule has 5 heteroatoms. The van der Waals surface area contributed by atoms with Crippen LogP contribution in [0.1, 0.15) is 17.3 Å². The molecule has 1 rings (SSSR count). The van der Waals surface area contributed by atoms with E-state index in [1.165, 1.54) is 24.3 Å². The SMILES string of the molecule is CC(=O)C(N=O)C(=O)c1ccc(Cl)cc1. The summed E-state index contributed by atoms with van der Waals surface area (Å²) in [7, 11) is 0. The molecule has 4 nitrogen and oxygen atoms in total. The quantitative estimate of drug-likeness (QED) is 0.449. The molecule has 0 aromatic heterocycles. The molecular weight excluding hydrogens is 218 g/mol. The van der Waals surface area contributed by atoms with Crippen molar-refractivity contribution in [1.82, 2.24) is 0 Å². The van der Waals surface area contributed by atoms with Crippen LogP contribution in [0.25, 0.3) is 0 Å².